The number of hydrogen-bond acceptors (Lipinski definition) is 3. The molecule has 0 radical (unpaired) electrons. The Hall–Kier alpha value is -1.71. The number of methoxy groups -OCH3 is 1. The first kappa shape index (κ1) is 13.7. The van der Waals surface area contributed by atoms with Crippen molar-refractivity contribution >= 4 is 11.7 Å². The van der Waals surface area contributed by atoms with Crippen molar-refractivity contribution in [3.63, 3.8) is 0 Å². The summed E-state index contributed by atoms with van der Waals surface area (Å²) < 4.78 is 5.23. The first-order valence-corrected chi connectivity index (χ1v) is 6.78. The lowest BCUT2D eigenvalue weighted by Crippen LogP contribution is -2.35. The number of aromatic carboxylic acids is 1. The molecule has 2 rings (SSSR count). The largest absolute Gasteiger partial charge is 0.497 e. The van der Waals surface area contributed by atoms with Crippen LogP contribution in [0.4, 0.5) is 5.69 Å². The second kappa shape index (κ2) is 5.51. The van der Waals surface area contributed by atoms with Gasteiger partial charge in [0.1, 0.15) is 5.75 Å². The maximum Gasteiger partial charge on any atom is 0.337 e. The average Bonchev–Trinajstić information content (AvgIpc) is 2.78. The quantitative estimate of drug-likeness (QED) is 0.906. The van der Waals surface area contributed by atoms with Crippen molar-refractivity contribution in [1.82, 2.24) is 0 Å². The van der Waals surface area contributed by atoms with Gasteiger partial charge >= 0.3 is 5.97 Å². The molecule has 0 aromatic heterocycles. The van der Waals surface area contributed by atoms with Crippen LogP contribution in [0.5, 0.6) is 5.75 Å². The van der Waals surface area contributed by atoms with Crippen LogP contribution in [0.2, 0.25) is 0 Å². The zero-order chi connectivity index (χ0) is 14.0. The maximum atomic E-state index is 11.4. The fraction of sp³-hybridized carbons (Fsp3) is 0.533. The Bertz CT molecular complexity index is 472. The van der Waals surface area contributed by atoms with Crippen LogP contribution in [0.15, 0.2) is 18.2 Å². The molecule has 19 heavy (non-hydrogen) atoms. The van der Waals surface area contributed by atoms with Crippen LogP contribution in [0.1, 0.15) is 43.5 Å². The molecule has 0 amide bonds. The standard InChI is InChI=1S/C15H21NO3/c1-4-11-6-5-10(2)16(11)14-9-12(19-3)7-8-13(14)15(17)18/h7-11H,4-6H2,1-3H3,(H,17,18). The zero-order valence-electron chi connectivity index (χ0n) is 11.7. The van der Waals surface area contributed by atoms with Gasteiger partial charge in [0.25, 0.3) is 0 Å². The first-order chi connectivity index (χ1) is 9.08. The Morgan fingerprint density at radius 2 is 2.21 bits per heavy atom. The number of hydrogen-bond donors (Lipinski definition) is 1. The molecule has 0 spiro atoms. The Balaban J connectivity index is 2.48. The molecule has 1 aromatic carbocycles. The van der Waals surface area contributed by atoms with Gasteiger partial charge in [0, 0.05) is 18.2 Å². The summed E-state index contributed by atoms with van der Waals surface area (Å²) in [5.74, 6) is -0.180. The van der Waals surface area contributed by atoms with Crippen LogP contribution in [0.3, 0.4) is 0 Å². The zero-order valence-corrected chi connectivity index (χ0v) is 11.7. The molecule has 1 fully saturated rings. The molecule has 1 aromatic rings. The minimum atomic E-state index is -0.883. The van der Waals surface area contributed by atoms with Crippen LogP contribution >= 0.6 is 0 Å². The van der Waals surface area contributed by atoms with Crippen LogP contribution < -0.4 is 9.64 Å². The van der Waals surface area contributed by atoms with Crippen LogP contribution in [-0.2, 0) is 0 Å². The summed E-state index contributed by atoms with van der Waals surface area (Å²) in [5.41, 5.74) is 1.14. The predicted octanol–water partition coefficient (Wildman–Crippen LogP) is 3.16. The normalized spacial score (nSPS) is 22.6. The van der Waals surface area contributed by atoms with Gasteiger partial charge in [0.2, 0.25) is 0 Å². The van der Waals surface area contributed by atoms with Crippen molar-refractivity contribution in [1.29, 1.82) is 0 Å². The number of rotatable bonds is 4. The van der Waals surface area contributed by atoms with Crippen molar-refractivity contribution in [2.45, 2.75) is 45.2 Å². The summed E-state index contributed by atoms with van der Waals surface area (Å²) in [6, 6.07) is 5.96. The van der Waals surface area contributed by atoms with E-state index in [9.17, 15) is 9.90 Å². The number of anilines is 1. The molecule has 4 nitrogen and oxygen atoms in total. The van der Waals surface area contributed by atoms with Gasteiger partial charge in [-0.1, -0.05) is 6.92 Å². The van der Waals surface area contributed by atoms with Crippen molar-refractivity contribution in [3.8, 4) is 5.75 Å². The van der Waals surface area contributed by atoms with E-state index in [0.717, 1.165) is 24.9 Å². The molecule has 2 atom stereocenters. The van der Waals surface area contributed by atoms with Crippen molar-refractivity contribution in [2.24, 2.45) is 0 Å². The summed E-state index contributed by atoms with van der Waals surface area (Å²) in [6.45, 7) is 4.30. The van der Waals surface area contributed by atoms with Gasteiger partial charge in [0.15, 0.2) is 0 Å². The highest BCUT2D eigenvalue weighted by atomic mass is 16.5. The molecule has 1 heterocycles. The SMILES string of the molecule is CCC1CCC(C)N1c1cc(OC)ccc1C(=O)O. The highest BCUT2D eigenvalue weighted by Gasteiger charge is 2.32. The fourth-order valence-electron chi connectivity index (χ4n) is 2.94. The summed E-state index contributed by atoms with van der Waals surface area (Å²) in [7, 11) is 1.60. The Morgan fingerprint density at radius 3 is 2.79 bits per heavy atom. The van der Waals surface area contributed by atoms with Gasteiger partial charge in [-0.05, 0) is 38.3 Å². The van der Waals surface area contributed by atoms with Crippen LogP contribution in [-0.4, -0.2) is 30.3 Å². The lowest BCUT2D eigenvalue weighted by atomic mass is 10.1. The highest BCUT2D eigenvalue weighted by molar-refractivity contribution is 5.95. The Labute approximate surface area is 114 Å². The topological polar surface area (TPSA) is 49.8 Å². The molecular weight excluding hydrogens is 242 g/mol. The van der Waals surface area contributed by atoms with Gasteiger partial charge in [-0.2, -0.15) is 0 Å². The van der Waals surface area contributed by atoms with E-state index in [4.69, 9.17) is 4.74 Å². The van der Waals surface area contributed by atoms with Crippen LogP contribution in [0, 0.1) is 0 Å². The van der Waals surface area contributed by atoms with Gasteiger partial charge in [-0.25, -0.2) is 4.79 Å². The molecular formula is C15H21NO3. The number of benzene rings is 1. The van der Waals surface area contributed by atoms with Gasteiger partial charge in [-0.15, -0.1) is 0 Å². The third-order valence-corrected chi connectivity index (χ3v) is 3.97. The maximum absolute atomic E-state index is 11.4. The van der Waals surface area contributed by atoms with Crippen molar-refractivity contribution < 1.29 is 14.6 Å². The van der Waals surface area contributed by atoms with Crippen molar-refractivity contribution in [2.75, 3.05) is 12.0 Å². The molecule has 4 heteroatoms. The third-order valence-electron chi connectivity index (χ3n) is 3.97. The molecule has 104 valence electrons. The fourth-order valence-corrected chi connectivity index (χ4v) is 2.94. The summed E-state index contributed by atoms with van der Waals surface area (Å²) >= 11 is 0. The van der Waals surface area contributed by atoms with E-state index >= 15 is 0 Å². The number of nitrogens with zero attached hydrogens (tertiary/aromatic N) is 1. The molecule has 1 aliphatic rings. The van der Waals surface area contributed by atoms with E-state index in [1.165, 1.54) is 0 Å². The number of carboxylic acids is 1. The highest BCUT2D eigenvalue weighted by Crippen LogP contribution is 2.36. The predicted molar refractivity (Wildman–Crippen MR) is 75.2 cm³/mol. The second-order valence-corrected chi connectivity index (χ2v) is 5.08. The number of ether oxygens (including phenoxy) is 1. The summed E-state index contributed by atoms with van der Waals surface area (Å²) in [6.07, 6.45) is 3.25. The smallest absolute Gasteiger partial charge is 0.337 e. The molecule has 1 aliphatic heterocycles. The molecule has 1 N–H and O–H groups in total. The minimum absolute atomic E-state index is 0.355. The van der Waals surface area contributed by atoms with Crippen LogP contribution in [0.25, 0.3) is 0 Å². The minimum Gasteiger partial charge on any atom is -0.497 e. The van der Waals surface area contributed by atoms with Crippen molar-refractivity contribution in [3.05, 3.63) is 23.8 Å². The Morgan fingerprint density at radius 1 is 1.47 bits per heavy atom. The van der Waals surface area contributed by atoms with E-state index in [2.05, 4.69) is 18.7 Å². The molecule has 0 aliphatic carbocycles. The van der Waals surface area contributed by atoms with E-state index in [1.807, 2.05) is 6.07 Å². The molecule has 2 unspecified atom stereocenters. The van der Waals surface area contributed by atoms with Gasteiger partial charge in [0.05, 0.1) is 18.4 Å². The van der Waals surface area contributed by atoms with E-state index in [0.29, 0.717) is 23.4 Å². The molecule has 0 bridgehead atoms. The second-order valence-electron chi connectivity index (χ2n) is 5.08. The first-order valence-electron chi connectivity index (χ1n) is 6.78. The number of carbonyl (C=O) groups is 1. The Kier molecular flexibility index (Phi) is 3.98. The third kappa shape index (κ3) is 2.53. The summed E-state index contributed by atoms with van der Waals surface area (Å²) in [5, 5.41) is 9.37. The van der Waals surface area contributed by atoms with Gasteiger partial charge in [-0.3, -0.25) is 0 Å². The lowest BCUT2D eigenvalue weighted by Gasteiger charge is -2.31. The number of carboxylic acid groups (broad SMARTS) is 1. The lowest BCUT2D eigenvalue weighted by molar-refractivity contribution is 0.0697. The average molecular weight is 263 g/mol. The molecule has 1 saturated heterocycles. The monoisotopic (exact) mass is 263 g/mol. The van der Waals surface area contributed by atoms with E-state index in [1.54, 1.807) is 19.2 Å². The van der Waals surface area contributed by atoms with Gasteiger partial charge < -0.3 is 14.7 Å². The molecule has 0 saturated carbocycles. The summed E-state index contributed by atoms with van der Waals surface area (Å²) in [4.78, 5) is 13.7. The van der Waals surface area contributed by atoms with E-state index < -0.39 is 5.97 Å². The van der Waals surface area contributed by atoms with E-state index in [-0.39, 0.29) is 0 Å².